The van der Waals surface area contributed by atoms with Gasteiger partial charge in [-0.3, -0.25) is 5.10 Å². The molecule has 5 nitrogen and oxygen atoms in total. The van der Waals surface area contributed by atoms with Crippen LogP contribution in [0.4, 0.5) is 5.95 Å². The van der Waals surface area contributed by atoms with Crippen LogP contribution in [0, 0.1) is 20.8 Å². The van der Waals surface area contributed by atoms with E-state index in [2.05, 4.69) is 60.2 Å². The zero-order chi connectivity index (χ0) is 15.0. The van der Waals surface area contributed by atoms with Crippen LogP contribution in [0.2, 0.25) is 0 Å². The molecule has 5 heteroatoms. The summed E-state index contributed by atoms with van der Waals surface area (Å²) in [6.07, 6.45) is 0. The molecule has 112 valence electrons. The number of aryl methyl sites for hydroxylation is 3. The standard InChI is InChI=1S/C16H23N5/c1-10-7-11(2)14(12(3)8-10)15-18-16(20-19-15)21-6-5-17-13(4)9-21/h7-8,13,17H,5-6,9H2,1-4H3,(H,18,19,20)/t13-/m0/s1. The molecule has 1 saturated heterocycles. The Balaban J connectivity index is 1.92. The lowest BCUT2D eigenvalue weighted by molar-refractivity contribution is 0.480. The lowest BCUT2D eigenvalue weighted by atomic mass is 9.99. The molecule has 2 heterocycles. The van der Waals surface area contributed by atoms with E-state index in [-0.39, 0.29) is 0 Å². The molecule has 0 aliphatic carbocycles. The highest BCUT2D eigenvalue weighted by atomic mass is 15.4. The van der Waals surface area contributed by atoms with Crippen LogP contribution in [0.25, 0.3) is 11.4 Å². The van der Waals surface area contributed by atoms with E-state index in [9.17, 15) is 0 Å². The van der Waals surface area contributed by atoms with Crippen molar-refractivity contribution < 1.29 is 0 Å². The van der Waals surface area contributed by atoms with E-state index in [0.29, 0.717) is 6.04 Å². The Bertz CT molecular complexity index is 623. The quantitative estimate of drug-likeness (QED) is 0.888. The molecule has 1 aliphatic rings. The van der Waals surface area contributed by atoms with Gasteiger partial charge in [-0.25, -0.2) is 0 Å². The normalized spacial score (nSPS) is 19.0. The number of hydrogen-bond acceptors (Lipinski definition) is 4. The van der Waals surface area contributed by atoms with Crippen molar-refractivity contribution in [3.8, 4) is 11.4 Å². The second-order valence-corrected chi connectivity index (χ2v) is 6.06. The highest BCUT2D eigenvalue weighted by molar-refractivity contribution is 5.66. The monoisotopic (exact) mass is 285 g/mol. The summed E-state index contributed by atoms with van der Waals surface area (Å²) in [5.41, 5.74) is 4.93. The number of hydrogen-bond donors (Lipinski definition) is 2. The third-order valence-electron chi connectivity index (χ3n) is 4.04. The number of anilines is 1. The van der Waals surface area contributed by atoms with Gasteiger partial charge < -0.3 is 10.2 Å². The number of nitrogens with one attached hydrogen (secondary N) is 2. The molecule has 0 spiro atoms. The molecule has 0 saturated carbocycles. The van der Waals surface area contributed by atoms with Gasteiger partial charge in [0.1, 0.15) is 0 Å². The topological polar surface area (TPSA) is 56.8 Å². The maximum atomic E-state index is 4.72. The van der Waals surface area contributed by atoms with Gasteiger partial charge in [-0.2, -0.15) is 4.98 Å². The van der Waals surface area contributed by atoms with Crippen LogP contribution in [0.15, 0.2) is 12.1 Å². The molecular weight excluding hydrogens is 262 g/mol. The van der Waals surface area contributed by atoms with Crippen molar-refractivity contribution in [1.29, 1.82) is 0 Å². The molecule has 0 amide bonds. The van der Waals surface area contributed by atoms with Crippen molar-refractivity contribution >= 4 is 5.95 Å². The van der Waals surface area contributed by atoms with Gasteiger partial charge in [0, 0.05) is 31.2 Å². The van der Waals surface area contributed by atoms with Crippen LogP contribution >= 0.6 is 0 Å². The summed E-state index contributed by atoms with van der Waals surface area (Å²) >= 11 is 0. The molecule has 2 aromatic rings. The van der Waals surface area contributed by atoms with Gasteiger partial charge in [0.15, 0.2) is 5.82 Å². The van der Waals surface area contributed by atoms with E-state index in [1.807, 2.05) is 0 Å². The molecule has 0 unspecified atom stereocenters. The zero-order valence-electron chi connectivity index (χ0n) is 13.2. The van der Waals surface area contributed by atoms with Crippen molar-refractivity contribution in [3.63, 3.8) is 0 Å². The number of aromatic nitrogens is 3. The average Bonchev–Trinajstić information content (AvgIpc) is 2.87. The summed E-state index contributed by atoms with van der Waals surface area (Å²) < 4.78 is 0. The lowest BCUT2D eigenvalue weighted by Gasteiger charge is -2.30. The number of piperazine rings is 1. The Hall–Kier alpha value is -1.88. The van der Waals surface area contributed by atoms with E-state index in [1.165, 1.54) is 22.3 Å². The first-order valence-corrected chi connectivity index (χ1v) is 7.53. The van der Waals surface area contributed by atoms with Crippen LogP contribution in [-0.2, 0) is 0 Å². The van der Waals surface area contributed by atoms with Crippen molar-refractivity contribution in [2.45, 2.75) is 33.7 Å². The van der Waals surface area contributed by atoms with Crippen molar-refractivity contribution in [2.24, 2.45) is 0 Å². The Morgan fingerprint density at radius 2 is 1.90 bits per heavy atom. The predicted molar refractivity (Wildman–Crippen MR) is 85.7 cm³/mol. The van der Waals surface area contributed by atoms with Gasteiger partial charge in [-0.05, 0) is 38.8 Å². The minimum atomic E-state index is 0.476. The molecule has 3 rings (SSSR count). The van der Waals surface area contributed by atoms with Crippen molar-refractivity contribution in [2.75, 3.05) is 24.5 Å². The predicted octanol–water partition coefficient (Wildman–Crippen LogP) is 2.20. The molecule has 0 bridgehead atoms. The Kier molecular flexibility index (Phi) is 3.68. The fourth-order valence-electron chi connectivity index (χ4n) is 3.17. The van der Waals surface area contributed by atoms with Crippen LogP contribution in [0.5, 0.6) is 0 Å². The molecular formula is C16H23N5. The van der Waals surface area contributed by atoms with E-state index >= 15 is 0 Å². The van der Waals surface area contributed by atoms with Crippen LogP contribution in [0.1, 0.15) is 23.6 Å². The second kappa shape index (κ2) is 5.48. The summed E-state index contributed by atoms with van der Waals surface area (Å²) in [4.78, 5) is 6.96. The Morgan fingerprint density at radius 1 is 1.19 bits per heavy atom. The fraction of sp³-hybridized carbons (Fsp3) is 0.500. The molecule has 1 aliphatic heterocycles. The Morgan fingerprint density at radius 3 is 2.57 bits per heavy atom. The lowest BCUT2D eigenvalue weighted by Crippen LogP contribution is -2.49. The van der Waals surface area contributed by atoms with E-state index in [4.69, 9.17) is 4.98 Å². The van der Waals surface area contributed by atoms with Crippen molar-refractivity contribution in [3.05, 3.63) is 28.8 Å². The SMILES string of the molecule is Cc1cc(C)c(-c2nc(N3CCN[C@@H](C)C3)n[nH]2)c(C)c1. The minimum absolute atomic E-state index is 0.476. The van der Waals surface area contributed by atoms with Crippen LogP contribution < -0.4 is 10.2 Å². The largest absolute Gasteiger partial charge is 0.337 e. The van der Waals surface area contributed by atoms with E-state index in [1.54, 1.807) is 0 Å². The van der Waals surface area contributed by atoms with Gasteiger partial charge in [-0.15, -0.1) is 5.10 Å². The van der Waals surface area contributed by atoms with Gasteiger partial charge in [0.05, 0.1) is 0 Å². The van der Waals surface area contributed by atoms with Gasteiger partial charge in [0.2, 0.25) is 5.95 Å². The highest BCUT2D eigenvalue weighted by Gasteiger charge is 2.20. The third kappa shape index (κ3) is 2.78. The van der Waals surface area contributed by atoms with Crippen LogP contribution in [-0.4, -0.2) is 40.9 Å². The molecule has 0 radical (unpaired) electrons. The Labute approximate surface area is 125 Å². The van der Waals surface area contributed by atoms with Gasteiger partial charge >= 0.3 is 0 Å². The van der Waals surface area contributed by atoms with Crippen LogP contribution in [0.3, 0.4) is 0 Å². The summed E-state index contributed by atoms with van der Waals surface area (Å²) in [5, 5.41) is 11.0. The first kappa shape index (κ1) is 14.1. The zero-order valence-corrected chi connectivity index (χ0v) is 13.2. The smallest absolute Gasteiger partial charge is 0.245 e. The fourth-order valence-corrected chi connectivity index (χ4v) is 3.17. The number of aromatic amines is 1. The van der Waals surface area contributed by atoms with Gasteiger partial charge in [-0.1, -0.05) is 17.7 Å². The summed E-state index contributed by atoms with van der Waals surface area (Å²) in [7, 11) is 0. The summed E-state index contributed by atoms with van der Waals surface area (Å²) in [6, 6.07) is 4.86. The van der Waals surface area contributed by atoms with Crippen molar-refractivity contribution in [1.82, 2.24) is 20.5 Å². The maximum Gasteiger partial charge on any atom is 0.245 e. The molecule has 2 N–H and O–H groups in total. The highest BCUT2D eigenvalue weighted by Crippen LogP contribution is 2.26. The summed E-state index contributed by atoms with van der Waals surface area (Å²) in [6.45, 7) is 11.4. The molecule has 1 fully saturated rings. The minimum Gasteiger partial charge on any atom is -0.337 e. The third-order valence-corrected chi connectivity index (χ3v) is 4.04. The summed E-state index contributed by atoms with van der Waals surface area (Å²) in [5.74, 6) is 1.67. The molecule has 1 atom stereocenters. The van der Waals surface area contributed by atoms with Gasteiger partial charge in [0.25, 0.3) is 0 Å². The molecule has 21 heavy (non-hydrogen) atoms. The first-order valence-electron chi connectivity index (χ1n) is 7.53. The van der Waals surface area contributed by atoms with E-state index < -0.39 is 0 Å². The first-order chi connectivity index (χ1) is 10.0. The number of benzene rings is 1. The number of H-pyrrole nitrogens is 1. The molecule has 1 aromatic heterocycles. The van der Waals surface area contributed by atoms with E-state index in [0.717, 1.165) is 31.4 Å². The molecule has 1 aromatic carbocycles. The maximum absolute atomic E-state index is 4.72. The average molecular weight is 285 g/mol. The number of rotatable bonds is 2. The second-order valence-electron chi connectivity index (χ2n) is 6.06. The number of nitrogens with zero attached hydrogens (tertiary/aromatic N) is 3.